The van der Waals surface area contributed by atoms with E-state index < -0.39 is 0 Å². The van der Waals surface area contributed by atoms with E-state index in [-0.39, 0.29) is 11.2 Å². The standard InChI is InChI=1S/C15H20N4OS2/c1-3-18-5-7-19(8-6-18)15(20)11(2)22-14-12-4-9-21-13(12)16-10-17-14/h4,9-11H,3,5-8H2,1-2H3/t11-/m0/s1. The lowest BCUT2D eigenvalue weighted by atomic mass is 10.3. The summed E-state index contributed by atoms with van der Waals surface area (Å²) in [6, 6.07) is 2.03. The molecule has 0 spiro atoms. The lowest BCUT2D eigenvalue weighted by Gasteiger charge is -2.35. The Balaban J connectivity index is 1.65. The first kappa shape index (κ1) is 15.7. The number of likely N-dealkylation sites (N-methyl/N-ethyl adjacent to an activating group) is 1. The summed E-state index contributed by atoms with van der Waals surface area (Å²) in [6.07, 6.45) is 1.58. The van der Waals surface area contributed by atoms with E-state index in [1.807, 2.05) is 23.3 Å². The van der Waals surface area contributed by atoms with Gasteiger partial charge in [0, 0.05) is 31.6 Å². The molecular formula is C15H20N4OS2. The Kier molecular flexibility index (Phi) is 4.95. The minimum atomic E-state index is -0.119. The van der Waals surface area contributed by atoms with Crippen LogP contribution in [0.5, 0.6) is 0 Å². The molecule has 0 saturated carbocycles. The minimum Gasteiger partial charge on any atom is -0.339 e. The molecule has 0 bridgehead atoms. The zero-order valence-electron chi connectivity index (χ0n) is 12.9. The Hall–Kier alpha value is -1.18. The highest BCUT2D eigenvalue weighted by atomic mass is 32.2. The van der Waals surface area contributed by atoms with E-state index in [0.29, 0.717) is 0 Å². The molecule has 1 saturated heterocycles. The largest absolute Gasteiger partial charge is 0.339 e. The van der Waals surface area contributed by atoms with Crippen molar-refractivity contribution in [2.24, 2.45) is 0 Å². The third kappa shape index (κ3) is 3.26. The smallest absolute Gasteiger partial charge is 0.235 e. The van der Waals surface area contributed by atoms with E-state index in [9.17, 15) is 4.79 Å². The Morgan fingerprint density at radius 1 is 1.36 bits per heavy atom. The van der Waals surface area contributed by atoms with Crippen molar-refractivity contribution in [2.45, 2.75) is 24.1 Å². The molecule has 118 valence electrons. The Morgan fingerprint density at radius 2 is 2.14 bits per heavy atom. The van der Waals surface area contributed by atoms with Crippen LogP contribution in [0, 0.1) is 0 Å². The predicted octanol–water partition coefficient (Wildman–Crippen LogP) is 2.34. The van der Waals surface area contributed by atoms with Crippen molar-refractivity contribution < 1.29 is 4.79 Å². The maximum atomic E-state index is 12.6. The number of aromatic nitrogens is 2. The fourth-order valence-electron chi connectivity index (χ4n) is 2.62. The fourth-order valence-corrected chi connectivity index (χ4v) is 4.40. The highest BCUT2D eigenvalue weighted by Crippen LogP contribution is 2.31. The van der Waals surface area contributed by atoms with Crippen molar-refractivity contribution in [2.75, 3.05) is 32.7 Å². The molecule has 3 rings (SSSR count). The molecule has 3 heterocycles. The number of hydrogen-bond acceptors (Lipinski definition) is 6. The van der Waals surface area contributed by atoms with E-state index in [0.717, 1.165) is 48.0 Å². The monoisotopic (exact) mass is 336 g/mol. The molecule has 7 heteroatoms. The van der Waals surface area contributed by atoms with Crippen LogP contribution in [0.2, 0.25) is 0 Å². The van der Waals surface area contributed by atoms with Crippen LogP contribution in [0.4, 0.5) is 0 Å². The summed E-state index contributed by atoms with van der Waals surface area (Å²) in [5.74, 6) is 0.211. The van der Waals surface area contributed by atoms with Crippen LogP contribution >= 0.6 is 23.1 Å². The van der Waals surface area contributed by atoms with Crippen LogP contribution in [-0.2, 0) is 4.79 Å². The highest BCUT2D eigenvalue weighted by Gasteiger charge is 2.25. The zero-order valence-corrected chi connectivity index (χ0v) is 14.5. The lowest BCUT2D eigenvalue weighted by Crippen LogP contribution is -2.50. The third-order valence-electron chi connectivity index (χ3n) is 3.99. The molecule has 0 N–H and O–H groups in total. The molecule has 0 aliphatic carbocycles. The molecule has 1 aliphatic heterocycles. The maximum Gasteiger partial charge on any atom is 0.235 e. The van der Waals surface area contributed by atoms with Gasteiger partial charge in [0.25, 0.3) is 0 Å². The van der Waals surface area contributed by atoms with E-state index in [2.05, 4.69) is 21.8 Å². The van der Waals surface area contributed by atoms with E-state index in [1.165, 1.54) is 11.8 Å². The van der Waals surface area contributed by atoms with Gasteiger partial charge in [-0.25, -0.2) is 9.97 Å². The summed E-state index contributed by atoms with van der Waals surface area (Å²) in [5, 5.41) is 3.85. The molecule has 5 nitrogen and oxygen atoms in total. The first-order chi connectivity index (χ1) is 10.7. The zero-order chi connectivity index (χ0) is 15.5. The minimum absolute atomic E-state index is 0.119. The first-order valence-corrected chi connectivity index (χ1v) is 9.31. The van der Waals surface area contributed by atoms with Crippen molar-refractivity contribution in [1.29, 1.82) is 0 Å². The number of thioether (sulfide) groups is 1. The normalized spacial score (nSPS) is 17.8. The molecular weight excluding hydrogens is 316 g/mol. The fraction of sp³-hybridized carbons (Fsp3) is 0.533. The van der Waals surface area contributed by atoms with Crippen LogP contribution in [0.1, 0.15) is 13.8 Å². The summed E-state index contributed by atoms with van der Waals surface area (Å²) >= 11 is 3.14. The molecule has 2 aromatic rings. The van der Waals surface area contributed by atoms with Crippen molar-refractivity contribution in [3.8, 4) is 0 Å². The van der Waals surface area contributed by atoms with Crippen LogP contribution in [-0.4, -0.2) is 63.6 Å². The Morgan fingerprint density at radius 3 is 2.86 bits per heavy atom. The summed E-state index contributed by atoms with van der Waals surface area (Å²) in [5.41, 5.74) is 0. The summed E-state index contributed by atoms with van der Waals surface area (Å²) in [4.78, 5) is 26.6. The van der Waals surface area contributed by atoms with Gasteiger partial charge in [-0.3, -0.25) is 4.79 Å². The van der Waals surface area contributed by atoms with Gasteiger partial charge in [-0.2, -0.15) is 0 Å². The van der Waals surface area contributed by atoms with E-state index >= 15 is 0 Å². The number of hydrogen-bond donors (Lipinski definition) is 0. The van der Waals surface area contributed by atoms with Gasteiger partial charge < -0.3 is 9.80 Å². The number of piperazine rings is 1. The molecule has 22 heavy (non-hydrogen) atoms. The maximum absolute atomic E-state index is 12.6. The number of amides is 1. The molecule has 1 aliphatic rings. The Labute approximate surface area is 138 Å². The van der Waals surface area contributed by atoms with E-state index in [4.69, 9.17) is 0 Å². The second kappa shape index (κ2) is 6.93. The van der Waals surface area contributed by atoms with Crippen LogP contribution < -0.4 is 0 Å². The van der Waals surface area contributed by atoms with Gasteiger partial charge in [-0.1, -0.05) is 18.7 Å². The second-order valence-corrected chi connectivity index (χ2v) is 7.56. The van der Waals surface area contributed by atoms with Crippen LogP contribution in [0.15, 0.2) is 22.8 Å². The van der Waals surface area contributed by atoms with Gasteiger partial charge in [0.1, 0.15) is 16.2 Å². The van der Waals surface area contributed by atoms with Crippen molar-refractivity contribution >= 4 is 39.2 Å². The molecule has 0 aromatic carbocycles. The molecule has 1 atom stereocenters. The summed E-state index contributed by atoms with van der Waals surface area (Å²) < 4.78 is 0. The molecule has 1 amide bonds. The van der Waals surface area contributed by atoms with Gasteiger partial charge in [0.15, 0.2) is 0 Å². The van der Waals surface area contributed by atoms with Gasteiger partial charge in [0.2, 0.25) is 5.91 Å². The SMILES string of the molecule is CCN1CCN(C(=O)[C@H](C)Sc2ncnc3sccc23)CC1. The van der Waals surface area contributed by atoms with Crippen molar-refractivity contribution in [3.63, 3.8) is 0 Å². The van der Waals surface area contributed by atoms with Gasteiger partial charge >= 0.3 is 0 Å². The Bertz CT molecular complexity index is 652. The average Bonchev–Trinajstić information content (AvgIpc) is 3.04. The highest BCUT2D eigenvalue weighted by molar-refractivity contribution is 8.00. The van der Waals surface area contributed by atoms with Crippen molar-refractivity contribution in [3.05, 3.63) is 17.8 Å². The van der Waals surface area contributed by atoms with Gasteiger partial charge in [0.05, 0.1) is 5.25 Å². The molecule has 0 unspecified atom stereocenters. The quantitative estimate of drug-likeness (QED) is 0.633. The summed E-state index contributed by atoms with van der Waals surface area (Å²) in [6.45, 7) is 8.80. The van der Waals surface area contributed by atoms with Crippen LogP contribution in [0.25, 0.3) is 10.2 Å². The van der Waals surface area contributed by atoms with Crippen molar-refractivity contribution in [1.82, 2.24) is 19.8 Å². The average molecular weight is 336 g/mol. The second-order valence-electron chi connectivity index (χ2n) is 5.34. The lowest BCUT2D eigenvalue weighted by molar-refractivity contribution is -0.132. The third-order valence-corrected chi connectivity index (χ3v) is 5.92. The van der Waals surface area contributed by atoms with Gasteiger partial charge in [-0.05, 0) is 24.9 Å². The first-order valence-electron chi connectivity index (χ1n) is 7.55. The molecule has 0 radical (unpaired) electrons. The van der Waals surface area contributed by atoms with E-state index in [1.54, 1.807) is 17.7 Å². The topological polar surface area (TPSA) is 49.3 Å². The number of thiophene rings is 1. The summed E-state index contributed by atoms with van der Waals surface area (Å²) in [7, 11) is 0. The number of nitrogens with zero attached hydrogens (tertiary/aromatic N) is 4. The number of carbonyl (C=O) groups excluding carboxylic acids is 1. The number of carbonyl (C=O) groups is 1. The molecule has 1 fully saturated rings. The predicted molar refractivity (Wildman–Crippen MR) is 91.4 cm³/mol. The number of fused-ring (bicyclic) bond motifs is 1. The van der Waals surface area contributed by atoms with Crippen LogP contribution in [0.3, 0.4) is 0 Å². The molecule has 2 aromatic heterocycles. The van der Waals surface area contributed by atoms with Gasteiger partial charge in [-0.15, -0.1) is 11.3 Å². The number of rotatable bonds is 4.